The van der Waals surface area contributed by atoms with Gasteiger partial charge in [-0.1, -0.05) is 79.9 Å². The number of carbonyl (C=O) groups is 2. The Labute approximate surface area is 178 Å². The predicted octanol–water partition coefficient (Wildman–Crippen LogP) is 4.75. The molecule has 3 rings (SSSR count). The molecule has 0 bridgehead atoms. The van der Waals surface area contributed by atoms with Crippen LogP contribution in [0.2, 0.25) is 5.02 Å². The van der Waals surface area contributed by atoms with E-state index in [1.54, 1.807) is 11.0 Å². The van der Waals surface area contributed by atoms with Crippen molar-refractivity contribution in [2.75, 3.05) is 0 Å². The molecular formula is C24H29ClN2O2. The van der Waals surface area contributed by atoms with Crippen LogP contribution in [0.15, 0.2) is 54.6 Å². The minimum Gasteiger partial charge on any atom is -0.352 e. The van der Waals surface area contributed by atoms with Crippen molar-refractivity contribution in [3.63, 3.8) is 0 Å². The molecule has 0 heterocycles. The number of hydrogen-bond acceptors (Lipinski definition) is 2. The minimum atomic E-state index is -0.495. The molecule has 2 aromatic carbocycles. The summed E-state index contributed by atoms with van der Waals surface area (Å²) < 4.78 is 0. The van der Waals surface area contributed by atoms with E-state index in [2.05, 4.69) is 5.32 Å². The molecule has 0 radical (unpaired) electrons. The summed E-state index contributed by atoms with van der Waals surface area (Å²) in [7, 11) is 0. The maximum Gasteiger partial charge on any atom is 0.243 e. The largest absolute Gasteiger partial charge is 0.352 e. The van der Waals surface area contributed by atoms with Crippen LogP contribution in [0.5, 0.6) is 0 Å². The molecule has 1 N–H and O–H groups in total. The number of hydrogen-bond donors (Lipinski definition) is 1. The fraction of sp³-hybridized carbons (Fsp3) is 0.417. The fourth-order valence-electron chi connectivity index (χ4n) is 3.97. The number of amides is 2. The van der Waals surface area contributed by atoms with E-state index in [4.69, 9.17) is 11.6 Å². The summed E-state index contributed by atoms with van der Waals surface area (Å²) in [6.07, 6.45) is 5.10. The molecule has 1 saturated carbocycles. The highest BCUT2D eigenvalue weighted by atomic mass is 35.5. The Balaban J connectivity index is 1.81. The van der Waals surface area contributed by atoms with Crippen molar-refractivity contribution >= 4 is 23.4 Å². The quantitative estimate of drug-likeness (QED) is 0.680. The molecule has 0 aliphatic heterocycles. The van der Waals surface area contributed by atoms with E-state index in [1.807, 2.05) is 55.5 Å². The van der Waals surface area contributed by atoms with Crippen LogP contribution in [0, 0.1) is 0 Å². The lowest BCUT2D eigenvalue weighted by molar-refractivity contribution is -0.141. The van der Waals surface area contributed by atoms with E-state index in [9.17, 15) is 9.59 Å². The molecule has 4 nitrogen and oxygen atoms in total. The van der Waals surface area contributed by atoms with Gasteiger partial charge in [-0.3, -0.25) is 9.59 Å². The van der Waals surface area contributed by atoms with Crippen molar-refractivity contribution in [1.29, 1.82) is 0 Å². The first-order chi connectivity index (χ1) is 14.1. The van der Waals surface area contributed by atoms with Crippen LogP contribution in [0.4, 0.5) is 0 Å². The molecule has 29 heavy (non-hydrogen) atoms. The minimum absolute atomic E-state index is 0.0529. The maximum atomic E-state index is 13.3. The average molecular weight is 413 g/mol. The molecule has 0 spiro atoms. The summed E-state index contributed by atoms with van der Waals surface area (Å²) in [6, 6.07) is 16.9. The zero-order valence-corrected chi connectivity index (χ0v) is 17.7. The van der Waals surface area contributed by atoms with Crippen molar-refractivity contribution in [3.05, 3.63) is 70.7 Å². The van der Waals surface area contributed by atoms with Crippen molar-refractivity contribution in [2.45, 2.75) is 64.1 Å². The molecule has 2 amide bonds. The van der Waals surface area contributed by atoms with Crippen molar-refractivity contribution < 1.29 is 9.59 Å². The molecule has 1 aliphatic carbocycles. The second kappa shape index (κ2) is 10.4. The van der Waals surface area contributed by atoms with Crippen LogP contribution in [0.25, 0.3) is 0 Å². The highest BCUT2D eigenvalue weighted by Gasteiger charge is 2.30. The first kappa shape index (κ1) is 21.4. The van der Waals surface area contributed by atoms with E-state index in [0.717, 1.165) is 36.8 Å². The van der Waals surface area contributed by atoms with Gasteiger partial charge in [0.15, 0.2) is 0 Å². The van der Waals surface area contributed by atoms with Crippen LogP contribution in [0.1, 0.15) is 50.2 Å². The normalized spacial score (nSPS) is 15.1. The second-order valence-electron chi connectivity index (χ2n) is 7.69. The molecule has 0 saturated heterocycles. The Morgan fingerprint density at radius 1 is 1.07 bits per heavy atom. The average Bonchev–Trinajstić information content (AvgIpc) is 3.23. The van der Waals surface area contributed by atoms with Crippen molar-refractivity contribution in [1.82, 2.24) is 10.2 Å². The number of nitrogens with zero attached hydrogens (tertiary/aromatic N) is 1. The van der Waals surface area contributed by atoms with E-state index in [0.29, 0.717) is 18.0 Å². The lowest BCUT2D eigenvalue weighted by atomic mass is 10.1. The van der Waals surface area contributed by atoms with E-state index >= 15 is 0 Å². The number of rotatable bonds is 8. The van der Waals surface area contributed by atoms with Gasteiger partial charge in [0.05, 0.1) is 6.42 Å². The standard InChI is InChI=1S/C24H29ClN2O2/c1-2-22(24(29)26-20-13-7-8-14-20)27(17-18-10-4-3-5-11-18)23(28)16-19-12-6-9-15-21(19)25/h3-6,9-12,15,20,22H,2,7-8,13-14,16-17H2,1H3,(H,26,29)/t22-/m1/s1. The molecular weight excluding hydrogens is 384 g/mol. The molecule has 2 aromatic rings. The lowest BCUT2D eigenvalue weighted by Crippen LogP contribution is -2.51. The first-order valence-corrected chi connectivity index (χ1v) is 10.8. The first-order valence-electron chi connectivity index (χ1n) is 10.5. The van der Waals surface area contributed by atoms with Gasteiger partial charge in [-0.2, -0.15) is 0 Å². The summed E-state index contributed by atoms with van der Waals surface area (Å²) in [6.45, 7) is 2.36. The van der Waals surface area contributed by atoms with Gasteiger partial charge in [0.25, 0.3) is 0 Å². The Morgan fingerprint density at radius 3 is 2.38 bits per heavy atom. The number of nitrogens with one attached hydrogen (secondary N) is 1. The molecule has 5 heteroatoms. The Hall–Kier alpha value is -2.33. The Bertz CT molecular complexity index is 819. The zero-order chi connectivity index (χ0) is 20.6. The van der Waals surface area contributed by atoms with Gasteiger partial charge in [0, 0.05) is 17.6 Å². The highest BCUT2D eigenvalue weighted by Crippen LogP contribution is 2.21. The monoisotopic (exact) mass is 412 g/mol. The van der Waals surface area contributed by atoms with Crippen molar-refractivity contribution in [2.24, 2.45) is 0 Å². The zero-order valence-electron chi connectivity index (χ0n) is 16.9. The topological polar surface area (TPSA) is 49.4 Å². The van der Waals surface area contributed by atoms with Crippen LogP contribution >= 0.6 is 11.6 Å². The number of halogens is 1. The summed E-state index contributed by atoms with van der Waals surface area (Å²) in [5.74, 6) is -0.141. The Morgan fingerprint density at radius 2 is 1.72 bits per heavy atom. The van der Waals surface area contributed by atoms with Gasteiger partial charge in [-0.25, -0.2) is 0 Å². The summed E-state index contributed by atoms with van der Waals surface area (Å²) in [5.41, 5.74) is 1.79. The van der Waals surface area contributed by atoms with E-state index in [-0.39, 0.29) is 24.3 Å². The van der Waals surface area contributed by atoms with Crippen LogP contribution in [-0.2, 0) is 22.6 Å². The third kappa shape index (κ3) is 5.83. The third-order valence-corrected chi connectivity index (χ3v) is 5.95. The molecule has 1 fully saturated rings. The maximum absolute atomic E-state index is 13.3. The molecule has 154 valence electrons. The Kier molecular flexibility index (Phi) is 7.70. The summed E-state index contributed by atoms with van der Waals surface area (Å²) >= 11 is 6.27. The smallest absolute Gasteiger partial charge is 0.243 e. The number of carbonyl (C=O) groups excluding carboxylic acids is 2. The van der Waals surface area contributed by atoms with Gasteiger partial charge in [-0.05, 0) is 36.5 Å². The SMILES string of the molecule is CC[C@H](C(=O)NC1CCCC1)N(Cc1ccccc1)C(=O)Cc1ccccc1Cl. The van der Waals surface area contributed by atoms with Gasteiger partial charge in [0.2, 0.25) is 11.8 Å². The second-order valence-corrected chi connectivity index (χ2v) is 8.10. The van der Waals surface area contributed by atoms with Gasteiger partial charge in [0.1, 0.15) is 6.04 Å². The van der Waals surface area contributed by atoms with Crippen LogP contribution in [-0.4, -0.2) is 28.8 Å². The van der Waals surface area contributed by atoms with Crippen molar-refractivity contribution in [3.8, 4) is 0 Å². The molecule has 1 atom stereocenters. The highest BCUT2D eigenvalue weighted by molar-refractivity contribution is 6.31. The van der Waals surface area contributed by atoms with Gasteiger partial charge < -0.3 is 10.2 Å². The summed E-state index contributed by atoms with van der Waals surface area (Å²) in [5, 5.41) is 3.74. The molecule has 0 unspecified atom stereocenters. The summed E-state index contributed by atoms with van der Waals surface area (Å²) in [4.78, 5) is 28.1. The van der Waals surface area contributed by atoms with Gasteiger partial charge in [-0.15, -0.1) is 0 Å². The van der Waals surface area contributed by atoms with Crippen LogP contribution in [0.3, 0.4) is 0 Å². The predicted molar refractivity (Wildman–Crippen MR) is 117 cm³/mol. The molecule has 1 aliphatic rings. The van der Waals surface area contributed by atoms with Gasteiger partial charge >= 0.3 is 0 Å². The van der Waals surface area contributed by atoms with E-state index in [1.165, 1.54) is 0 Å². The lowest BCUT2D eigenvalue weighted by Gasteiger charge is -2.31. The van der Waals surface area contributed by atoms with E-state index < -0.39 is 6.04 Å². The van der Waals surface area contributed by atoms with Crippen LogP contribution < -0.4 is 5.32 Å². The fourth-order valence-corrected chi connectivity index (χ4v) is 4.18. The third-order valence-electron chi connectivity index (χ3n) is 5.58. The number of benzene rings is 2. The molecule has 0 aromatic heterocycles.